The van der Waals surface area contributed by atoms with Crippen molar-refractivity contribution in [1.82, 2.24) is 0 Å². The van der Waals surface area contributed by atoms with Crippen LogP contribution in [0.3, 0.4) is 0 Å². The summed E-state index contributed by atoms with van der Waals surface area (Å²) in [6.07, 6.45) is 18.8. The molecule has 0 aromatic heterocycles. The molecule has 384 valence electrons. The summed E-state index contributed by atoms with van der Waals surface area (Å²) in [6.45, 7) is 5.14. The summed E-state index contributed by atoms with van der Waals surface area (Å²) in [6, 6.07) is 25.1. The van der Waals surface area contributed by atoms with Gasteiger partial charge in [0, 0.05) is 31.2 Å². The molecule has 1 aliphatic heterocycles. The molecule has 10 nitrogen and oxygen atoms in total. The molecular weight excluding hydrogens is 869 g/mol. The summed E-state index contributed by atoms with van der Waals surface area (Å²) in [5, 5.41) is 41.3. The molecule has 0 spiro atoms. The molecule has 3 aromatic rings. The van der Waals surface area contributed by atoms with Crippen LogP contribution >= 0.6 is 0 Å². The third-order valence-electron chi connectivity index (χ3n) is 12.4. The van der Waals surface area contributed by atoms with Gasteiger partial charge in [-0.15, -0.1) is 23.7 Å². The summed E-state index contributed by atoms with van der Waals surface area (Å²) in [4.78, 5) is 0. The highest BCUT2D eigenvalue weighted by atomic mass is 16.7. The molecule has 0 radical (unpaired) electrons. The molecule has 1 saturated heterocycles. The first kappa shape index (κ1) is 59.4. The fourth-order valence-corrected chi connectivity index (χ4v) is 7.98. The Morgan fingerprint density at radius 1 is 0.580 bits per heavy atom. The Kier molecular flexibility index (Phi) is 33.4. The average molecular weight is 957 g/mol. The van der Waals surface area contributed by atoms with Crippen LogP contribution in [-0.4, -0.2) is 84.5 Å². The van der Waals surface area contributed by atoms with Crippen LogP contribution in [0.1, 0.15) is 178 Å². The Balaban J connectivity index is 0.000000374. The molecule has 0 aliphatic carbocycles. The van der Waals surface area contributed by atoms with Gasteiger partial charge in [-0.1, -0.05) is 145 Å². The highest BCUT2D eigenvalue weighted by molar-refractivity contribution is 5.27. The smallest absolute Gasteiger partial charge is 0.184 e. The maximum Gasteiger partial charge on any atom is 0.184 e. The lowest BCUT2D eigenvalue weighted by Gasteiger charge is -2.39. The van der Waals surface area contributed by atoms with Gasteiger partial charge >= 0.3 is 0 Å². The SMILES string of the molecule is CCCCCCC#CCCCCCC[C@@H](O)C1OC(c2ccccc2)OCC1OCc1ccc(OC)cc1.CCCCCCC#CCCCCCC[C@H](O)[C@@H](O)C(CO)OCc1ccc(OC)cc1. The molecule has 0 saturated carbocycles. The number of aliphatic hydroxyl groups excluding tert-OH is 4. The standard InChI is InChI=1S/C33H46O5.C26H42O5/c1-3-4-5-6-7-8-9-10-11-12-13-17-20-30(34)32-31(36-25-27-21-23-29(35-2)24-22-27)26-37-33(38-32)28-18-15-14-16-19-28;1-3-4-5-6-7-8-9-10-11-12-13-14-15-24(28)26(29)25(20-27)31-21-22-16-18-23(30-2)19-17-22/h14-16,18-19,21-24,30-34H,3-7,10-13,17,20,25-26H2,1-2H3;16-19,24-29H,3-7,10-15,20-21H2,1-2H3/t30-,31?,32?,33?;24-,25?,26+/m10/s1. The monoisotopic (exact) mass is 957 g/mol. The molecule has 10 heteroatoms. The van der Waals surface area contributed by atoms with Crippen molar-refractivity contribution in [3.63, 3.8) is 0 Å². The highest BCUT2D eigenvalue weighted by Crippen LogP contribution is 2.31. The van der Waals surface area contributed by atoms with Crippen molar-refractivity contribution < 1.29 is 48.8 Å². The number of aliphatic hydroxyl groups is 4. The van der Waals surface area contributed by atoms with E-state index in [1.54, 1.807) is 14.2 Å². The third kappa shape index (κ3) is 26.2. The van der Waals surface area contributed by atoms with Crippen molar-refractivity contribution >= 4 is 0 Å². The fraction of sp³-hybridized carbons (Fsp3) is 0.627. The minimum absolute atomic E-state index is 0.249. The largest absolute Gasteiger partial charge is 0.497 e. The lowest BCUT2D eigenvalue weighted by molar-refractivity contribution is -0.286. The van der Waals surface area contributed by atoms with Gasteiger partial charge < -0.3 is 48.8 Å². The summed E-state index contributed by atoms with van der Waals surface area (Å²) in [5.41, 5.74) is 2.89. The van der Waals surface area contributed by atoms with E-state index in [2.05, 4.69) is 37.5 Å². The number of ether oxygens (including phenoxy) is 6. The number of benzene rings is 3. The predicted molar refractivity (Wildman–Crippen MR) is 277 cm³/mol. The van der Waals surface area contributed by atoms with E-state index < -0.39 is 36.8 Å². The molecule has 69 heavy (non-hydrogen) atoms. The van der Waals surface area contributed by atoms with Gasteiger partial charge in [0.1, 0.15) is 35.9 Å². The molecule has 4 unspecified atom stereocenters. The molecule has 0 amide bonds. The molecule has 3 aromatic carbocycles. The second-order valence-electron chi connectivity index (χ2n) is 18.1. The predicted octanol–water partition coefficient (Wildman–Crippen LogP) is 12.0. The fourth-order valence-electron chi connectivity index (χ4n) is 7.98. The van der Waals surface area contributed by atoms with Crippen LogP contribution in [0.4, 0.5) is 0 Å². The van der Waals surface area contributed by atoms with Crippen LogP contribution < -0.4 is 9.47 Å². The van der Waals surface area contributed by atoms with Crippen molar-refractivity contribution in [2.24, 2.45) is 0 Å². The Morgan fingerprint density at radius 3 is 1.55 bits per heavy atom. The van der Waals surface area contributed by atoms with Gasteiger partial charge in [0.05, 0.1) is 52.9 Å². The van der Waals surface area contributed by atoms with Gasteiger partial charge in [-0.05, 0) is 73.9 Å². The van der Waals surface area contributed by atoms with E-state index in [4.69, 9.17) is 28.4 Å². The van der Waals surface area contributed by atoms with Gasteiger partial charge in [0.2, 0.25) is 0 Å². The molecule has 4 N–H and O–H groups in total. The van der Waals surface area contributed by atoms with Crippen LogP contribution in [0.25, 0.3) is 0 Å². The molecule has 4 rings (SSSR count). The summed E-state index contributed by atoms with van der Waals surface area (Å²) >= 11 is 0. The molecule has 7 atom stereocenters. The quantitative estimate of drug-likeness (QED) is 0.0345. The Bertz CT molecular complexity index is 1800. The highest BCUT2D eigenvalue weighted by Gasteiger charge is 2.38. The zero-order chi connectivity index (χ0) is 49.6. The van der Waals surface area contributed by atoms with Gasteiger partial charge in [-0.2, -0.15) is 0 Å². The normalized spacial score (nSPS) is 17.2. The van der Waals surface area contributed by atoms with Crippen molar-refractivity contribution in [3.05, 3.63) is 95.6 Å². The van der Waals surface area contributed by atoms with Crippen LogP contribution in [-0.2, 0) is 32.2 Å². The minimum atomic E-state index is -1.11. The van der Waals surface area contributed by atoms with E-state index in [0.717, 1.165) is 105 Å². The zero-order valence-electron chi connectivity index (χ0n) is 42.7. The van der Waals surface area contributed by atoms with E-state index in [1.807, 2.05) is 78.9 Å². The zero-order valence-corrected chi connectivity index (χ0v) is 42.7. The topological polar surface area (TPSA) is 136 Å². The van der Waals surface area contributed by atoms with E-state index in [0.29, 0.717) is 26.1 Å². The second-order valence-corrected chi connectivity index (χ2v) is 18.1. The minimum Gasteiger partial charge on any atom is -0.497 e. The van der Waals surface area contributed by atoms with Gasteiger partial charge in [0.15, 0.2) is 6.29 Å². The third-order valence-corrected chi connectivity index (χ3v) is 12.4. The molecule has 1 aliphatic rings. The van der Waals surface area contributed by atoms with Gasteiger partial charge in [0.25, 0.3) is 0 Å². The van der Waals surface area contributed by atoms with E-state index in [9.17, 15) is 20.4 Å². The van der Waals surface area contributed by atoms with Crippen LogP contribution in [0, 0.1) is 23.7 Å². The first-order valence-corrected chi connectivity index (χ1v) is 26.2. The van der Waals surface area contributed by atoms with Gasteiger partial charge in [-0.3, -0.25) is 0 Å². The number of rotatable bonds is 33. The van der Waals surface area contributed by atoms with Crippen LogP contribution in [0.15, 0.2) is 78.9 Å². The summed E-state index contributed by atoms with van der Waals surface area (Å²) in [5.74, 6) is 14.7. The van der Waals surface area contributed by atoms with Crippen molar-refractivity contribution in [2.45, 2.75) is 211 Å². The van der Waals surface area contributed by atoms with E-state index >= 15 is 0 Å². The lowest BCUT2D eigenvalue weighted by Crippen LogP contribution is -2.48. The maximum absolute atomic E-state index is 11.1. The Morgan fingerprint density at radius 2 is 1.06 bits per heavy atom. The van der Waals surface area contributed by atoms with E-state index in [-0.39, 0.29) is 19.3 Å². The number of hydrogen-bond acceptors (Lipinski definition) is 10. The maximum atomic E-state index is 11.1. The number of unbranched alkanes of at least 4 members (excludes halogenated alkanes) is 16. The average Bonchev–Trinajstić information content (AvgIpc) is 3.39. The van der Waals surface area contributed by atoms with Crippen molar-refractivity contribution in [3.8, 4) is 35.2 Å². The van der Waals surface area contributed by atoms with Crippen LogP contribution in [0.5, 0.6) is 11.5 Å². The summed E-state index contributed by atoms with van der Waals surface area (Å²) < 4.78 is 34.5. The summed E-state index contributed by atoms with van der Waals surface area (Å²) in [7, 11) is 3.26. The first-order chi connectivity index (χ1) is 33.8. The van der Waals surface area contributed by atoms with Gasteiger partial charge in [-0.25, -0.2) is 0 Å². The number of methoxy groups -OCH3 is 2. The van der Waals surface area contributed by atoms with Crippen molar-refractivity contribution in [1.29, 1.82) is 0 Å². The molecule has 1 fully saturated rings. The molecule has 1 heterocycles. The Hall–Kier alpha value is -3.94. The van der Waals surface area contributed by atoms with Crippen LogP contribution in [0.2, 0.25) is 0 Å². The lowest BCUT2D eigenvalue weighted by atomic mass is 10.00. The number of hydrogen-bond donors (Lipinski definition) is 4. The van der Waals surface area contributed by atoms with Crippen molar-refractivity contribution in [2.75, 3.05) is 27.4 Å². The first-order valence-electron chi connectivity index (χ1n) is 26.2. The molecular formula is C59H88O10. The Labute approximate surface area is 416 Å². The molecule has 0 bridgehead atoms. The second kappa shape index (κ2) is 38.8. The van der Waals surface area contributed by atoms with E-state index in [1.165, 1.54) is 51.4 Å².